The summed E-state index contributed by atoms with van der Waals surface area (Å²) >= 11 is 0. The quantitative estimate of drug-likeness (QED) is 0.668. The molecule has 3 heterocycles. The number of amides is 1. The van der Waals surface area contributed by atoms with E-state index in [2.05, 4.69) is 19.9 Å². The molecule has 2 N–H and O–H groups in total. The van der Waals surface area contributed by atoms with Gasteiger partial charge < -0.3 is 19.0 Å². The van der Waals surface area contributed by atoms with Crippen LogP contribution in [0, 0.1) is 0 Å². The second-order valence-corrected chi connectivity index (χ2v) is 7.32. The molecule has 10 nitrogen and oxygen atoms in total. The molecule has 25 heavy (non-hydrogen) atoms. The zero-order valence-corrected chi connectivity index (χ0v) is 14.5. The lowest BCUT2D eigenvalue weighted by molar-refractivity contribution is 0.0754. The third kappa shape index (κ3) is 3.89. The minimum absolute atomic E-state index is 0.0317. The molecule has 1 fully saturated rings. The molecule has 1 aliphatic heterocycles. The lowest BCUT2D eigenvalue weighted by atomic mass is 10.4. The number of nitrogens with one attached hydrogen (secondary N) is 2. The van der Waals surface area contributed by atoms with Gasteiger partial charge in [0, 0.05) is 32.9 Å². The fourth-order valence-electron chi connectivity index (χ4n) is 2.49. The van der Waals surface area contributed by atoms with Crippen molar-refractivity contribution in [3.63, 3.8) is 0 Å². The summed E-state index contributed by atoms with van der Waals surface area (Å²) in [5.74, 6) is -0.355. The van der Waals surface area contributed by atoms with Crippen LogP contribution in [0.15, 0.2) is 21.6 Å². The van der Waals surface area contributed by atoms with Gasteiger partial charge in [-0.1, -0.05) is 0 Å². The Morgan fingerprint density at radius 3 is 2.88 bits per heavy atom. The standard InChI is InChI=1S/C14H19N5O5S/c1-23-7-4-16-25(21,22)10-8-11(15-9-10)12-17-18-13(24-12)14(20)19-5-2-3-6-19/h8-9,15-16H,2-7H2,1H3. The largest absolute Gasteiger partial charge is 0.411 e. The summed E-state index contributed by atoms with van der Waals surface area (Å²) in [6.45, 7) is 1.78. The van der Waals surface area contributed by atoms with Gasteiger partial charge in [-0.25, -0.2) is 13.1 Å². The predicted molar refractivity (Wildman–Crippen MR) is 86.3 cm³/mol. The van der Waals surface area contributed by atoms with Crippen LogP contribution in [0.3, 0.4) is 0 Å². The number of nitrogens with zero attached hydrogens (tertiary/aromatic N) is 3. The molecule has 1 amide bonds. The van der Waals surface area contributed by atoms with Crippen LogP contribution in [0.1, 0.15) is 23.5 Å². The number of likely N-dealkylation sites (tertiary alicyclic amines) is 1. The van der Waals surface area contributed by atoms with Crippen LogP contribution in [0.25, 0.3) is 11.6 Å². The molecule has 0 atom stereocenters. The topological polar surface area (TPSA) is 130 Å². The number of carbonyl (C=O) groups is 1. The van der Waals surface area contributed by atoms with Gasteiger partial charge in [-0.3, -0.25) is 4.79 Å². The molecule has 0 radical (unpaired) electrons. The van der Waals surface area contributed by atoms with Crippen molar-refractivity contribution in [2.24, 2.45) is 0 Å². The third-order valence-electron chi connectivity index (χ3n) is 3.80. The maximum atomic E-state index is 12.2. The summed E-state index contributed by atoms with van der Waals surface area (Å²) in [4.78, 5) is 16.7. The van der Waals surface area contributed by atoms with Crippen LogP contribution in [-0.2, 0) is 14.8 Å². The zero-order valence-electron chi connectivity index (χ0n) is 13.7. The highest BCUT2D eigenvalue weighted by Crippen LogP contribution is 2.21. The first-order valence-electron chi connectivity index (χ1n) is 7.81. The summed E-state index contributed by atoms with van der Waals surface area (Å²) < 4.78 is 36.9. The molecule has 0 aromatic carbocycles. The number of aromatic amines is 1. The molecule has 0 spiro atoms. The predicted octanol–water partition coefficient (Wildman–Crippen LogP) is 0.225. The molecule has 1 saturated heterocycles. The van der Waals surface area contributed by atoms with E-state index in [9.17, 15) is 13.2 Å². The maximum absolute atomic E-state index is 12.2. The second-order valence-electron chi connectivity index (χ2n) is 5.55. The highest BCUT2D eigenvalue weighted by atomic mass is 32.2. The van der Waals surface area contributed by atoms with Crippen molar-refractivity contribution in [2.75, 3.05) is 33.4 Å². The Labute approximate surface area is 144 Å². The fourth-order valence-corrected chi connectivity index (χ4v) is 3.49. The van der Waals surface area contributed by atoms with Crippen molar-refractivity contribution in [2.45, 2.75) is 17.7 Å². The number of rotatable bonds is 7. The van der Waals surface area contributed by atoms with Gasteiger partial charge in [0.25, 0.3) is 5.89 Å². The van der Waals surface area contributed by atoms with Crippen LogP contribution < -0.4 is 4.72 Å². The van der Waals surface area contributed by atoms with Gasteiger partial charge >= 0.3 is 11.8 Å². The summed E-state index contributed by atoms with van der Waals surface area (Å²) in [7, 11) is -2.18. The monoisotopic (exact) mass is 369 g/mol. The lowest BCUT2D eigenvalue weighted by Gasteiger charge is -2.11. The highest BCUT2D eigenvalue weighted by molar-refractivity contribution is 7.89. The van der Waals surface area contributed by atoms with Crippen LogP contribution in [0.4, 0.5) is 0 Å². The molecular weight excluding hydrogens is 350 g/mol. The Hall–Kier alpha value is -2.24. The molecular formula is C14H19N5O5S. The maximum Gasteiger partial charge on any atom is 0.311 e. The number of H-pyrrole nitrogens is 1. The molecule has 0 aliphatic carbocycles. The van der Waals surface area contributed by atoms with Crippen molar-refractivity contribution in [3.05, 3.63) is 18.2 Å². The molecule has 2 aromatic rings. The summed E-state index contributed by atoms with van der Waals surface area (Å²) in [5.41, 5.74) is 0.320. The van der Waals surface area contributed by atoms with E-state index in [1.807, 2.05) is 0 Å². The number of ether oxygens (including phenoxy) is 1. The number of sulfonamides is 1. The average Bonchev–Trinajstić information content (AvgIpc) is 3.34. The Morgan fingerprint density at radius 2 is 2.16 bits per heavy atom. The average molecular weight is 369 g/mol. The SMILES string of the molecule is COCCNS(=O)(=O)c1c[nH]c(-c2nnc(C(=O)N3CCCC3)o2)c1. The molecule has 3 rings (SSSR count). The fraction of sp³-hybridized carbons (Fsp3) is 0.500. The minimum Gasteiger partial charge on any atom is -0.411 e. The molecule has 0 saturated carbocycles. The molecule has 1 aliphatic rings. The van der Waals surface area contributed by atoms with Crippen molar-refractivity contribution < 1.29 is 22.4 Å². The van der Waals surface area contributed by atoms with Gasteiger partial charge in [0.05, 0.1) is 6.61 Å². The van der Waals surface area contributed by atoms with Gasteiger partial charge in [-0.05, 0) is 18.9 Å². The Morgan fingerprint density at radius 1 is 1.40 bits per heavy atom. The summed E-state index contributed by atoms with van der Waals surface area (Å²) in [6, 6.07) is 1.37. The van der Waals surface area contributed by atoms with E-state index in [0.717, 1.165) is 12.8 Å². The molecule has 136 valence electrons. The first-order valence-corrected chi connectivity index (χ1v) is 9.30. The van der Waals surface area contributed by atoms with Crippen molar-refractivity contribution >= 4 is 15.9 Å². The number of carbonyl (C=O) groups excluding carboxylic acids is 1. The van der Waals surface area contributed by atoms with E-state index in [1.165, 1.54) is 19.4 Å². The van der Waals surface area contributed by atoms with Crippen LogP contribution in [-0.4, -0.2) is 67.8 Å². The van der Waals surface area contributed by atoms with Crippen LogP contribution in [0.5, 0.6) is 0 Å². The second kappa shape index (κ2) is 7.33. The first-order chi connectivity index (χ1) is 12.0. The van der Waals surface area contributed by atoms with Gasteiger partial charge in [-0.15, -0.1) is 10.2 Å². The smallest absolute Gasteiger partial charge is 0.311 e. The first kappa shape index (κ1) is 17.6. The van der Waals surface area contributed by atoms with Crippen molar-refractivity contribution in [3.8, 4) is 11.6 Å². The normalized spacial score (nSPS) is 15.0. The Balaban J connectivity index is 1.73. The van der Waals surface area contributed by atoms with Gasteiger partial charge in [0.2, 0.25) is 10.0 Å². The van der Waals surface area contributed by atoms with Crippen molar-refractivity contribution in [1.82, 2.24) is 24.8 Å². The van der Waals surface area contributed by atoms with E-state index in [1.54, 1.807) is 4.90 Å². The molecule has 2 aromatic heterocycles. The molecule has 0 unspecified atom stereocenters. The van der Waals surface area contributed by atoms with E-state index in [0.29, 0.717) is 18.8 Å². The zero-order chi connectivity index (χ0) is 17.9. The van der Waals surface area contributed by atoms with Gasteiger partial charge in [0.1, 0.15) is 10.6 Å². The molecule has 11 heteroatoms. The van der Waals surface area contributed by atoms with E-state index < -0.39 is 10.0 Å². The van der Waals surface area contributed by atoms with E-state index >= 15 is 0 Å². The minimum atomic E-state index is -3.67. The Bertz CT molecular complexity index is 837. The summed E-state index contributed by atoms with van der Waals surface area (Å²) in [6.07, 6.45) is 3.23. The molecule has 0 bridgehead atoms. The van der Waals surface area contributed by atoms with Crippen molar-refractivity contribution in [1.29, 1.82) is 0 Å². The lowest BCUT2D eigenvalue weighted by Crippen LogP contribution is -2.27. The van der Waals surface area contributed by atoms with Gasteiger partial charge in [0.15, 0.2) is 0 Å². The summed E-state index contributed by atoms with van der Waals surface area (Å²) in [5, 5.41) is 7.58. The number of hydrogen-bond donors (Lipinski definition) is 2. The van der Waals surface area contributed by atoms with E-state index in [-0.39, 0.29) is 35.7 Å². The van der Waals surface area contributed by atoms with Gasteiger partial charge in [-0.2, -0.15) is 0 Å². The number of aromatic nitrogens is 3. The number of methoxy groups -OCH3 is 1. The van der Waals surface area contributed by atoms with Crippen LogP contribution in [0.2, 0.25) is 0 Å². The number of hydrogen-bond acceptors (Lipinski definition) is 7. The van der Waals surface area contributed by atoms with E-state index in [4.69, 9.17) is 9.15 Å². The third-order valence-corrected chi connectivity index (χ3v) is 5.24. The highest BCUT2D eigenvalue weighted by Gasteiger charge is 2.25. The Kier molecular flexibility index (Phi) is 5.16. The van der Waals surface area contributed by atoms with Crippen LogP contribution >= 0.6 is 0 Å².